The molecule has 2 unspecified atom stereocenters. The molecule has 24 heavy (non-hydrogen) atoms. The van der Waals surface area contributed by atoms with Crippen LogP contribution in [0.5, 0.6) is 0 Å². The SMILES string of the molecule is CCC1OCCCC1C(=O)N(C)C1CCN(c2cnccn2)CC1. The molecule has 6 heteroatoms. The first-order valence-electron chi connectivity index (χ1n) is 9.10. The summed E-state index contributed by atoms with van der Waals surface area (Å²) < 4.78 is 5.80. The molecule has 0 radical (unpaired) electrons. The summed E-state index contributed by atoms with van der Waals surface area (Å²) in [6.45, 7) is 4.73. The Labute approximate surface area is 144 Å². The van der Waals surface area contributed by atoms with Gasteiger partial charge in [0.15, 0.2) is 0 Å². The maximum Gasteiger partial charge on any atom is 0.228 e. The van der Waals surface area contributed by atoms with Crippen LogP contribution in [0, 0.1) is 5.92 Å². The number of hydrogen-bond acceptors (Lipinski definition) is 5. The van der Waals surface area contributed by atoms with Gasteiger partial charge in [-0.1, -0.05) is 6.92 Å². The second-order valence-electron chi connectivity index (χ2n) is 6.80. The van der Waals surface area contributed by atoms with Crippen LogP contribution < -0.4 is 4.90 Å². The van der Waals surface area contributed by atoms with Crippen LogP contribution in [-0.2, 0) is 9.53 Å². The Hall–Kier alpha value is -1.69. The zero-order valence-electron chi connectivity index (χ0n) is 14.7. The van der Waals surface area contributed by atoms with Crippen LogP contribution in [0.1, 0.15) is 39.0 Å². The van der Waals surface area contributed by atoms with E-state index in [1.165, 1.54) is 0 Å². The summed E-state index contributed by atoms with van der Waals surface area (Å²) in [5.74, 6) is 1.22. The van der Waals surface area contributed by atoms with Gasteiger partial charge in [-0.05, 0) is 32.1 Å². The highest BCUT2D eigenvalue weighted by Gasteiger charge is 2.35. The first-order valence-corrected chi connectivity index (χ1v) is 9.10. The van der Waals surface area contributed by atoms with Gasteiger partial charge < -0.3 is 14.5 Å². The van der Waals surface area contributed by atoms with Crippen molar-refractivity contribution in [2.24, 2.45) is 5.92 Å². The molecule has 2 aliphatic heterocycles. The standard InChI is InChI=1S/C18H28N4O2/c1-3-16-15(5-4-12-24-16)18(23)21(2)14-6-10-22(11-7-14)17-13-19-8-9-20-17/h8-9,13-16H,3-7,10-12H2,1-2H3. The van der Waals surface area contributed by atoms with Gasteiger partial charge in [-0.3, -0.25) is 9.78 Å². The van der Waals surface area contributed by atoms with Crippen molar-refractivity contribution in [2.75, 3.05) is 31.6 Å². The zero-order valence-corrected chi connectivity index (χ0v) is 14.7. The van der Waals surface area contributed by atoms with Gasteiger partial charge in [0.1, 0.15) is 5.82 Å². The molecule has 0 spiro atoms. The smallest absolute Gasteiger partial charge is 0.228 e. The van der Waals surface area contributed by atoms with Crippen molar-refractivity contribution in [3.8, 4) is 0 Å². The lowest BCUT2D eigenvalue weighted by Gasteiger charge is -2.40. The quantitative estimate of drug-likeness (QED) is 0.845. The molecule has 0 aliphatic carbocycles. The molecular weight excluding hydrogens is 304 g/mol. The third-order valence-corrected chi connectivity index (χ3v) is 5.39. The molecule has 0 N–H and O–H groups in total. The molecule has 132 valence electrons. The van der Waals surface area contributed by atoms with E-state index in [9.17, 15) is 4.79 Å². The summed E-state index contributed by atoms with van der Waals surface area (Å²) in [6.07, 6.45) is 10.1. The number of anilines is 1. The highest BCUT2D eigenvalue weighted by atomic mass is 16.5. The maximum absolute atomic E-state index is 12.9. The van der Waals surface area contributed by atoms with Gasteiger partial charge >= 0.3 is 0 Å². The van der Waals surface area contributed by atoms with Gasteiger partial charge in [0.2, 0.25) is 5.91 Å². The number of nitrogens with zero attached hydrogens (tertiary/aromatic N) is 4. The van der Waals surface area contributed by atoms with E-state index in [1.807, 2.05) is 11.9 Å². The van der Waals surface area contributed by atoms with Gasteiger partial charge in [0.25, 0.3) is 0 Å². The molecule has 2 fully saturated rings. The van der Waals surface area contributed by atoms with E-state index in [0.29, 0.717) is 6.04 Å². The minimum atomic E-state index is 0.0340. The van der Waals surface area contributed by atoms with Crippen molar-refractivity contribution >= 4 is 11.7 Å². The number of piperidine rings is 1. The van der Waals surface area contributed by atoms with Gasteiger partial charge in [0.05, 0.1) is 18.2 Å². The van der Waals surface area contributed by atoms with E-state index in [1.54, 1.807) is 18.6 Å². The average molecular weight is 332 g/mol. The van der Waals surface area contributed by atoms with Crippen LogP contribution in [0.15, 0.2) is 18.6 Å². The number of carbonyl (C=O) groups excluding carboxylic acids is 1. The molecule has 1 aromatic rings. The summed E-state index contributed by atoms with van der Waals surface area (Å²) in [4.78, 5) is 25.7. The fraction of sp³-hybridized carbons (Fsp3) is 0.722. The third kappa shape index (κ3) is 3.69. The van der Waals surface area contributed by atoms with Crippen molar-refractivity contribution in [1.29, 1.82) is 0 Å². The Bertz CT molecular complexity index is 531. The highest BCUT2D eigenvalue weighted by molar-refractivity contribution is 5.79. The molecule has 2 aliphatic rings. The van der Waals surface area contributed by atoms with Gasteiger partial charge in [-0.2, -0.15) is 0 Å². The Morgan fingerprint density at radius 1 is 1.33 bits per heavy atom. The van der Waals surface area contributed by atoms with E-state index < -0.39 is 0 Å². The molecule has 3 heterocycles. The van der Waals surface area contributed by atoms with Crippen LogP contribution in [0.25, 0.3) is 0 Å². The number of carbonyl (C=O) groups is 1. The summed E-state index contributed by atoms with van der Waals surface area (Å²) in [5, 5.41) is 0. The largest absolute Gasteiger partial charge is 0.377 e. The van der Waals surface area contributed by atoms with E-state index in [4.69, 9.17) is 4.74 Å². The summed E-state index contributed by atoms with van der Waals surface area (Å²) in [6, 6.07) is 0.310. The van der Waals surface area contributed by atoms with Crippen molar-refractivity contribution in [1.82, 2.24) is 14.9 Å². The molecular formula is C18H28N4O2. The van der Waals surface area contributed by atoms with Crippen LogP contribution >= 0.6 is 0 Å². The molecule has 2 atom stereocenters. The normalized spacial score (nSPS) is 25.5. The Kier molecular flexibility index (Phi) is 5.66. The molecule has 1 aromatic heterocycles. The van der Waals surface area contributed by atoms with E-state index >= 15 is 0 Å². The van der Waals surface area contributed by atoms with Crippen molar-refractivity contribution in [2.45, 2.75) is 51.2 Å². The number of rotatable bonds is 4. The third-order valence-electron chi connectivity index (χ3n) is 5.39. The summed E-state index contributed by atoms with van der Waals surface area (Å²) >= 11 is 0. The predicted octanol–water partition coefficient (Wildman–Crippen LogP) is 2.11. The van der Waals surface area contributed by atoms with Gasteiger partial charge in [-0.25, -0.2) is 4.98 Å². The minimum absolute atomic E-state index is 0.0340. The monoisotopic (exact) mass is 332 g/mol. The topological polar surface area (TPSA) is 58.6 Å². The second kappa shape index (κ2) is 7.92. The molecule has 2 saturated heterocycles. The van der Waals surface area contributed by atoms with Crippen LogP contribution in [-0.4, -0.2) is 59.7 Å². The van der Waals surface area contributed by atoms with Crippen molar-refractivity contribution < 1.29 is 9.53 Å². The average Bonchev–Trinajstić information content (AvgIpc) is 2.67. The van der Waals surface area contributed by atoms with Gasteiger partial charge in [-0.15, -0.1) is 0 Å². The van der Waals surface area contributed by atoms with Crippen LogP contribution in [0.3, 0.4) is 0 Å². The van der Waals surface area contributed by atoms with Gasteiger partial charge in [0, 0.05) is 45.2 Å². The summed E-state index contributed by atoms with van der Waals surface area (Å²) in [7, 11) is 1.96. The number of ether oxygens (including phenoxy) is 1. The molecule has 6 nitrogen and oxygen atoms in total. The van der Waals surface area contributed by atoms with Crippen molar-refractivity contribution in [3.05, 3.63) is 18.6 Å². The Balaban J connectivity index is 1.56. The van der Waals surface area contributed by atoms with Crippen LogP contribution in [0.2, 0.25) is 0 Å². The zero-order chi connectivity index (χ0) is 16.9. The van der Waals surface area contributed by atoms with E-state index in [-0.39, 0.29) is 17.9 Å². The summed E-state index contributed by atoms with van der Waals surface area (Å²) in [5.41, 5.74) is 0. The van der Waals surface area contributed by atoms with E-state index in [2.05, 4.69) is 21.8 Å². The lowest BCUT2D eigenvalue weighted by molar-refractivity contribution is -0.146. The molecule has 1 amide bonds. The number of hydrogen-bond donors (Lipinski definition) is 0. The van der Waals surface area contributed by atoms with Crippen molar-refractivity contribution in [3.63, 3.8) is 0 Å². The highest BCUT2D eigenvalue weighted by Crippen LogP contribution is 2.27. The first-order chi connectivity index (χ1) is 11.7. The first kappa shape index (κ1) is 17.1. The maximum atomic E-state index is 12.9. The predicted molar refractivity (Wildman–Crippen MR) is 92.8 cm³/mol. The Morgan fingerprint density at radius 2 is 2.12 bits per heavy atom. The number of amides is 1. The molecule has 0 aromatic carbocycles. The van der Waals surface area contributed by atoms with Crippen LogP contribution in [0.4, 0.5) is 5.82 Å². The molecule has 3 rings (SSSR count). The lowest BCUT2D eigenvalue weighted by atomic mass is 9.90. The number of aromatic nitrogens is 2. The second-order valence-corrected chi connectivity index (χ2v) is 6.80. The lowest BCUT2D eigenvalue weighted by Crippen LogP contribution is -2.50. The molecule has 0 saturated carbocycles. The Morgan fingerprint density at radius 3 is 2.79 bits per heavy atom. The van der Waals surface area contributed by atoms with E-state index in [0.717, 1.165) is 57.6 Å². The fourth-order valence-corrected chi connectivity index (χ4v) is 3.90. The molecule has 0 bridgehead atoms. The fourth-order valence-electron chi connectivity index (χ4n) is 3.90. The minimum Gasteiger partial charge on any atom is -0.377 e.